The van der Waals surface area contributed by atoms with Crippen LogP contribution in [0.1, 0.15) is 24.0 Å². The molecule has 1 aromatic carbocycles. The van der Waals surface area contributed by atoms with E-state index in [1.54, 1.807) is 14.2 Å². The molecule has 0 aliphatic rings. The van der Waals surface area contributed by atoms with Gasteiger partial charge in [-0.25, -0.2) is 0 Å². The summed E-state index contributed by atoms with van der Waals surface area (Å²) in [4.78, 5) is 15.8. The number of carbonyl (C=O) groups is 1. The summed E-state index contributed by atoms with van der Waals surface area (Å²) in [5.41, 5.74) is 2.54. The van der Waals surface area contributed by atoms with Crippen molar-refractivity contribution in [2.45, 2.75) is 19.8 Å². The topological polar surface area (TPSA) is 74.8 Å². The summed E-state index contributed by atoms with van der Waals surface area (Å²) in [6.45, 7) is 6.19. The van der Waals surface area contributed by atoms with Crippen LogP contribution in [0.5, 0.6) is 0 Å². The summed E-state index contributed by atoms with van der Waals surface area (Å²) in [5, 5.41) is 9.00. The van der Waals surface area contributed by atoms with Crippen LogP contribution in [0.3, 0.4) is 0 Å². The minimum atomic E-state index is -0.0864. The maximum absolute atomic E-state index is 11.6. The first-order valence-corrected chi connectivity index (χ1v) is 7.83. The normalized spacial score (nSPS) is 12.6. The molecule has 0 radical (unpaired) electrons. The number of ether oxygens (including phenoxy) is 1. The van der Waals surface area contributed by atoms with Crippen molar-refractivity contribution in [2.75, 3.05) is 40.4 Å². The molecule has 3 N–H and O–H groups in total. The molecule has 0 aromatic heterocycles. The molecular weight excluding hydrogens is 292 g/mol. The fourth-order valence-electron chi connectivity index (χ4n) is 2.08. The van der Waals surface area contributed by atoms with Crippen molar-refractivity contribution in [1.29, 1.82) is 0 Å². The number of amides is 1. The Balaban J connectivity index is 2.35. The second-order valence-electron chi connectivity index (χ2n) is 5.46. The second-order valence-corrected chi connectivity index (χ2v) is 5.46. The first kappa shape index (κ1) is 19.0. The molecule has 6 heteroatoms. The Bertz CT molecular complexity index is 517. The van der Waals surface area contributed by atoms with Crippen LogP contribution in [0.4, 0.5) is 0 Å². The lowest BCUT2D eigenvalue weighted by Gasteiger charge is -2.16. The van der Waals surface area contributed by atoms with Gasteiger partial charge in [0, 0.05) is 27.2 Å². The van der Waals surface area contributed by atoms with Crippen molar-refractivity contribution in [3.63, 3.8) is 0 Å². The first-order chi connectivity index (χ1) is 11.1. The quantitative estimate of drug-likeness (QED) is 0.380. The van der Waals surface area contributed by atoms with E-state index in [0.717, 1.165) is 6.54 Å². The average molecular weight is 320 g/mol. The van der Waals surface area contributed by atoms with Gasteiger partial charge in [-0.15, -0.1) is 0 Å². The monoisotopic (exact) mass is 320 g/mol. The summed E-state index contributed by atoms with van der Waals surface area (Å²) in [6, 6.07) is 8.47. The zero-order chi connectivity index (χ0) is 17.1. The summed E-state index contributed by atoms with van der Waals surface area (Å²) >= 11 is 0. The van der Waals surface area contributed by atoms with E-state index in [0.29, 0.717) is 25.0 Å². The number of methoxy groups -OCH3 is 1. The highest BCUT2D eigenvalue weighted by atomic mass is 16.5. The van der Waals surface area contributed by atoms with Gasteiger partial charge in [0.1, 0.15) is 0 Å². The summed E-state index contributed by atoms with van der Waals surface area (Å²) in [5.74, 6) is 0.882. The van der Waals surface area contributed by atoms with Gasteiger partial charge in [0.15, 0.2) is 5.96 Å². The van der Waals surface area contributed by atoms with Crippen LogP contribution in [0.15, 0.2) is 29.3 Å². The Morgan fingerprint density at radius 1 is 1.30 bits per heavy atom. The van der Waals surface area contributed by atoms with Crippen molar-refractivity contribution >= 4 is 11.9 Å². The van der Waals surface area contributed by atoms with Crippen molar-refractivity contribution in [3.05, 3.63) is 35.4 Å². The number of aryl methyl sites for hydroxylation is 1. The van der Waals surface area contributed by atoms with Gasteiger partial charge in [0.05, 0.1) is 13.2 Å². The highest BCUT2D eigenvalue weighted by molar-refractivity contribution is 5.86. The Labute approximate surface area is 138 Å². The summed E-state index contributed by atoms with van der Waals surface area (Å²) < 4.78 is 4.88. The molecule has 1 unspecified atom stereocenters. The number of guanidine groups is 1. The molecule has 6 nitrogen and oxygen atoms in total. The number of nitrogens with zero attached hydrogens (tertiary/aromatic N) is 1. The Kier molecular flexibility index (Phi) is 8.75. The Hall–Kier alpha value is -2.08. The lowest BCUT2D eigenvalue weighted by molar-refractivity contribution is -0.120. The molecule has 0 spiro atoms. The zero-order valence-electron chi connectivity index (χ0n) is 14.5. The average Bonchev–Trinajstić information content (AvgIpc) is 2.55. The molecule has 1 aromatic rings. The van der Waals surface area contributed by atoms with Crippen LogP contribution in [0.2, 0.25) is 0 Å². The Morgan fingerprint density at radius 2 is 2.09 bits per heavy atom. The van der Waals surface area contributed by atoms with Gasteiger partial charge in [-0.05, 0) is 18.4 Å². The standard InChI is InChI=1S/C17H28N4O2/c1-13-6-5-7-15(10-13)14(2)11-20-17(18-3)21-12-16(22)19-8-9-23-4/h5-7,10,14H,8-9,11-12H2,1-4H3,(H,19,22)(H2,18,20,21). The molecule has 1 amide bonds. The molecule has 0 saturated heterocycles. The maximum atomic E-state index is 11.6. The Morgan fingerprint density at radius 3 is 2.74 bits per heavy atom. The van der Waals surface area contributed by atoms with Crippen LogP contribution < -0.4 is 16.0 Å². The van der Waals surface area contributed by atoms with Gasteiger partial charge in [0.25, 0.3) is 0 Å². The minimum Gasteiger partial charge on any atom is -0.383 e. The van der Waals surface area contributed by atoms with Gasteiger partial charge in [-0.1, -0.05) is 36.8 Å². The number of hydrogen-bond donors (Lipinski definition) is 3. The molecule has 23 heavy (non-hydrogen) atoms. The highest BCUT2D eigenvalue weighted by Gasteiger charge is 2.08. The van der Waals surface area contributed by atoms with Crippen LogP contribution in [0.25, 0.3) is 0 Å². The van der Waals surface area contributed by atoms with E-state index >= 15 is 0 Å². The highest BCUT2D eigenvalue weighted by Crippen LogP contribution is 2.15. The fourth-order valence-corrected chi connectivity index (χ4v) is 2.08. The van der Waals surface area contributed by atoms with Crippen molar-refractivity contribution in [1.82, 2.24) is 16.0 Å². The molecule has 0 aliphatic carbocycles. The van der Waals surface area contributed by atoms with E-state index in [2.05, 4.69) is 59.1 Å². The molecule has 1 atom stereocenters. The van der Waals surface area contributed by atoms with Crippen molar-refractivity contribution in [3.8, 4) is 0 Å². The van der Waals surface area contributed by atoms with Gasteiger partial charge < -0.3 is 20.7 Å². The third-order valence-electron chi connectivity index (χ3n) is 3.46. The lowest BCUT2D eigenvalue weighted by Crippen LogP contribution is -2.44. The predicted molar refractivity (Wildman–Crippen MR) is 93.8 cm³/mol. The third kappa shape index (κ3) is 7.65. The third-order valence-corrected chi connectivity index (χ3v) is 3.46. The smallest absolute Gasteiger partial charge is 0.239 e. The van der Waals surface area contributed by atoms with Crippen molar-refractivity contribution in [2.24, 2.45) is 4.99 Å². The van der Waals surface area contributed by atoms with Gasteiger partial charge in [-0.2, -0.15) is 0 Å². The number of benzene rings is 1. The molecular formula is C17H28N4O2. The van der Waals surface area contributed by atoms with E-state index in [4.69, 9.17) is 4.74 Å². The number of carbonyl (C=O) groups excluding carboxylic acids is 1. The number of rotatable bonds is 8. The van der Waals surface area contributed by atoms with E-state index in [1.807, 2.05) is 0 Å². The van der Waals surface area contributed by atoms with Gasteiger partial charge in [-0.3, -0.25) is 9.79 Å². The largest absolute Gasteiger partial charge is 0.383 e. The molecule has 0 saturated carbocycles. The zero-order valence-corrected chi connectivity index (χ0v) is 14.5. The van der Waals surface area contributed by atoms with E-state index in [-0.39, 0.29) is 12.5 Å². The molecule has 0 fully saturated rings. The van der Waals surface area contributed by atoms with E-state index in [9.17, 15) is 4.79 Å². The lowest BCUT2D eigenvalue weighted by atomic mass is 9.99. The molecule has 0 heterocycles. The van der Waals surface area contributed by atoms with Crippen molar-refractivity contribution < 1.29 is 9.53 Å². The number of hydrogen-bond acceptors (Lipinski definition) is 3. The molecule has 128 valence electrons. The van der Waals surface area contributed by atoms with Crippen LogP contribution >= 0.6 is 0 Å². The summed E-state index contributed by atoms with van der Waals surface area (Å²) in [7, 11) is 3.29. The number of nitrogens with one attached hydrogen (secondary N) is 3. The summed E-state index contributed by atoms with van der Waals surface area (Å²) in [6.07, 6.45) is 0. The predicted octanol–water partition coefficient (Wildman–Crippen LogP) is 1.03. The van der Waals surface area contributed by atoms with Gasteiger partial charge in [0.2, 0.25) is 5.91 Å². The maximum Gasteiger partial charge on any atom is 0.239 e. The second kappa shape index (κ2) is 10.6. The SMILES string of the molecule is CN=C(NCC(=O)NCCOC)NCC(C)c1cccc(C)c1. The molecule has 0 aliphatic heterocycles. The first-order valence-electron chi connectivity index (χ1n) is 7.83. The van der Waals surface area contributed by atoms with Crippen LogP contribution in [-0.4, -0.2) is 52.3 Å². The molecule has 0 bridgehead atoms. The van der Waals surface area contributed by atoms with Gasteiger partial charge >= 0.3 is 0 Å². The van der Waals surface area contributed by atoms with E-state index < -0.39 is 0 Å². The fraction of sp³-hybridized carbons (Fsp3) is 0.529. The minimum absolute atomic E-state index is 0.0864. The molecule has 1 rings (SSSR count). The number of aliphatic imine (C=N–C) groups is 1. The van der Waals surface area contributed by atoms with Crippen LogP contribution in [-0.2, 0) is 9.53 Å². The van der Waals surface area contributed by atoms with E-state index in [1.165, 1.54) is 11.1 Å². The van der Waals surface area contributed by atoms with Crippen LogP contribution in [0, 0.1) is 6.92 Å².